The molecule has 5 nitrogen and oxygen atoms in total. The highest BCUT2D eigenvalue weighted by atomic mass is 16.5. The molecule has 0 N–H and O–H groups in total. The summed E-state index contributed by atoms with van der Waals surface area (Å²) in [5, 5.41) is 3.12. The Morgan fingerprint density at radius 3 is 2.38 bits per heavy atom. The molecule has 0 fully saturated rings. The van der Waals surface area contributed by atoms with Crippen LogP contribution in [-0.4, -0.2) is 14.2 Å². The van der Waals surface area contributed by atoms with Crippen LogP contribution in [0.25, 0.3) is 43.8 Å². The molecule has 5 rings (SSSR count). The van der Waals surface area contributed by atoms with Gasteiger partial charge in [0.25, 0.3) is 0 Å². The maximum atomic E-state index is 12.6. The Labute approximate surface area is 166 Å². The molecule has 0 spiro atoms. The summed E-state index contributed by atoms with van der Waals surface area (Å²) in [5.41, 5.74) is 3.58. The third-order valence-corrected chi connectivity index (χ3v) is 5.36. The maximum Gasteiger partial charge on any atom is 0.344 e. The van der Waals surface area contributed by atoms with Crippen LogP contribution in [0.5, 0.6) is 11.5 Å². The Balaban J connectivity index is 1.88. The van der Waals surface area contributed by atoms with Crippen molar-refractivity contribution in [1.29, 1.82) is 0 Å². The van der Waals surface area contributed by atoms with Crippen molar-refractivity contribution in [2.24, 2.45) is 0 Å². The molecule has 0 saturated heterocycles. The number of benzene rings is 3. The van der Waals surface area contributed by atoms with Crippen molar-refractivity contribution in [2.45, 2.75) is 6.92 Å². The summed E-state index contributed by atoms with van der Waals surface area (Å²) in [4.78, 5) is 12.6. The molecule has 0 amide bonds. The van der Waals surface area contributed by atoms with E-state index >= 15 is 0 Å². The number of aryl methyl sites for hydroxylation is 1. The largest absolute Gasteiger partial charge is 0.497 e. The second-order valence-electron chi connectivity index (χ2n) is 6.94. The van der Waals surface area contributed by atoms with Crippen LogP contribution in [-0.2, 0) is 0 Å². The molecule has 0 aliphatic rings. The summed E-state index contributed by atoms with van der Waals surface area (Å²) >= 11 is 0. The zero-order chi connectivity index (χ0) is 20.1. The molecular formula is C24H18O5. The van der Waals surface area contributed by atoms with Crippen LogP contribution in [0, 0.1) is 6.92 Å². The molecule has 0 atom stereocenters. The fraction of sp³-hybridized carbons (Fsp3) is 0.125. The lowest BCUT2D eigenvalue weighted by Gasteiger charge is -2.08. The summed E-state index contributed by atoms with van der Waals surface area (Å²) in [7, 11) is 3.22. The van der Waals surface area contributed by atoms with Gasteiger partial charge in [0.15, 0.2) is 0 Å². The summed E-state index contributed by atoms with van der Waals surface area (Å²) < 4.78 is 22.2. The normalized spacial score (nSPS) is 11.4. The molecule has 5 aromatic rings. The maximum absolute atomic E-state index is 12.6. The predicted octanol–water partition coefficient (Wildman–Crippen LogP) is 5.69. The van der Waals surface area contributed by atoms with Crippen molar-refractivity contribution in [3.05, 3.63) is 70.8 Å². The number of ether oxygens (including phenoxy) is 2. The van der Waals surface area contributed by atoms with Crippen LogP contribution in [0.2, 0.25) is 0 Å². The molecular weight excluding hydrogens is 368 g/mol. The summed E-state index contributed by atoms with van der Waals surface area (Å²) in [5.74, 6) is 1.39. The van der Waals surface area contributed by atoms with E-state index in [-0.39, 0.29) is 0 Å². The second kappa shape index (κ2) is 6.41. The zero-order valence-corrected chi connectivity index (χ0v) is 16.2. The van der Waals surface area contributed by atoms with Crippen LogP contribution in [0.4, 0.5) is 0 Å². The highest BCUT2D eigenvalue weighted by molar-refractivity contribution is 6.12. The van der Waals surface area contributed by atoms with E-state index in [2.05, 4.69) is 0 Å². The van der Waals surface area contributed by atoms with E-state index in [4.69, 9.17) is 18.3 Å². The number of fused-ring (bicyclic) bond motifs is 4. The number of methoxy groups -OCH3 is 2. The van der Waals surface area contributed by atoms with Crippen molar-refractivity contribution in [2.75, 3.05) is 14.2 Å². The average Bonchev–Trinajstić information content (AvgIpc) is 3.19. The first-order valence-electron chi connectivity index (χ1n) is 9.20. The second-order valence-corrected chi connectivity index (χ2v) is 6.94. The Hall–Kier alpha value is -3.73. The lowest BCUT2D eigenvalue weighted by atomic mass is 9.98. The molecule has 0 saturated carbocycles. The van der Waals surface area contributed by atoms with Gasteiger partial charge in [0.2, 0.25) is 0 Å². The van der Waals surface area contributed by atoms with Crippen LogP contribution >= 0.6 is 0 Å². The van der Waals surface area contributed by atoms with Gasteiger partial charge in [0.1, 0.15) is 22.7 Å². The van der Waals surface area contributed by atoms with Gasteiger partial charge in [-0.15, -0.1) is 0 Å². The van der Waals surface area contributed by atoms with Gasteiger partial charge in [-0.05, 0) is 48.9 Å². The predicted molar refractivity (Wildman–Crippen MR) is 113 cm³/mol. The highest BCUT2D eigenvalue weighted by Gasteiger charge is 2.18. The highest BCUT2D eigenvalue weighted by Crippen LogP contribution is 2.38. The SMILES string of the molecule is COc1cccc(-c2coc3c(C)c4oc(=O)c5cc(OC)ccc5c4cc23)c1. The van der Waals surface area contributed by atoms with Crippen molar-refractivity contribution >= 4 is 32.7 Å². The molecule has 2 heterocycles. The molecule has 0 aliphatic heterocycles. The molecule has 0 radical (unpaired) electrons. The van der Waals surface area contributed by atoms with Crippen LogP contribution < -0.4 is 15.1 Å². The Bertz CT molecular complexity index is 1460. The van der Waals surface area contributed by atoms with Gasteiger partial charge in [-0.25, -0.2) is 4.79 Å². The Kier molecular flexibility index (Phi) is 3.84. The average molecular weight is 386 g/mol. The van der Waals surface area contributed by atoms with E-state index in [0.29, 0.717) is 22.3 Å². The molecule has 144 valence electrons. The first-order chi connectivity index (χ1) is 14.1. The minimum absolute atomic E-state index is 0.395. The van der Waals surface area contributed by atoms with Gasteiger partial charge in [0, 0.05) is 27.3 Å². The monoisotopic (exact) mass is 386 g/mol. The standard InChI is InChI=1S/C24H18O5/c1-13-22-19(21(12-28-22)14-5-4-6-15(9-14)26-2)11-18-17-8-7-16(27-3)10-20(17)24(25)29-23(13)18/h4-12H,1-3H3. The fourth-order valence-corrected chi connectivity index (χ4v) is 3.86. The van der Waals surface area contributed by atoms with Gasteiger partial charge in [-0.2, -0.15) is 0 Å². The van der Waals surface area contributed by atoms with Crippen molar-refractivity contribution in [3.63, 3.8) is 0 Å². The summed E-state index contributed by atoms with van der Waals surface area (Å²) in [6.45, 7) is 1.90. The minimum atomic E-state index is -0.395. The van der Waals surface area contributed by atoms with Crippen LogP contribution in [0.1, 0.15) is 5.56 Å². The fourth-order valence-electron chi connectivity index (χ4n) is 3.86. The van der Waals surface area contributed by atoms with Gasteiger partial charge in [0.05, 0.1) is 25.9 Å². The third kappa shape index (κ3) is 2.58. The third-order valence-electron chi connectivity index (χ3n) is 5.36. The minimum Gasteiger partial charge on any atom is -0.497 e. The number of rotatable bonds is 3. The molecule has 2 aromatic heterocycles. The lowest BCUT2D eigenvalue weighted by Crippen LogP contribution is -2.01. The molecule has 5 heteroatoms. The van der Waals surface area contributed by atoms with Gasteiger partial charge >= 0.3 is 5.63 Å². The van der Waals surface area contributed by atoms with E-state index in [0.717, 1.165) is 38.6 Å². The smallest absolute Gasteiger partial charge is 0.344 e. The van der Waals surface area contributed by atoms with E-state index in [1.54, 1.807) is 26.5 Å². The number of hydrogen-bond acceptors (Lipinski definition) is 5. The number of furan rings is 1. The molecule has 3 aromatic carbocycles. The van der Waals surface area contributed by atoms with Crippen molar-refractivity contribution < 1.29 is 18.3 Å². The quantitative estimate of drug-likeness (QED) is 0.295. The molecule has 0 unspecified atom stereocenters. The topological polar surface area (TPSA) is 61.8 Å². The van der Waals surface area contributed by atoms with E-state index in [9.17, 15) is 4.79 Å². The van der Waals surface area contributed by atoms with E-state index in [1.807, 2.05) is 49.4 Å². The Morgan fingerprint density at radius 1 is 0.793 bits per heavy atom. The van der Waals surface area contributed by atoms with E-state index < -0.39 is 5.63 Å². The van der Waals surface area contributed by atoms with Crippen LogP contribution in [0.3, 0.4) is 0 Å². The van der Waals surface area contributed by atoms with Gasteiger partial charge < -0.3 is 18.3 Å². The van der Waals surface area contributed by atoms with Gasteiger partial charge in [-0.3, -0.25) is 0 Å². The molecule has 0 aliphatic carbocycles. The molecule has 29 heavy (non-hydrogen) atoms. The zero-order valence-electron chi connectivity index (χ0n) is 16.2. The lowest BCUT2D eigenvalue weighted by molar-refractivity contribution is 0.415. The summed E-state index contributed by atoms with van der Waals surface area (Å²) in [6, 6.07) is 15.3. The van der Waals surface area contributed by atoms with Crippen molar-refractivity contribution in [3.8, 4) is 22.6 Å². The van der Waals surface area contributed by atoms with Crippen LogP contribution in [0.15, 0.2) is 68.4 Å². The first kappa shape index (κ1) is 17.4. The number of hydrogen-bond donors (Lipinski definition) is 0. The summed E-state index contributed by atoms with van der Waals surface area (Å²) in [6.07, 6.45) is 1.73. The first-order valence-corrected chi connectivity index (χ1v) is 9.20. The Morgan fingerprint density at radius 2 is 1.59 bits per heavy atom. The van der Waals surface area contributed by atoms with Crippen molar-refractivity contribution in [1.82, 2.24) is 0 Å². The van der Waals surface area contributed by atoms with E-state index in [1.165, 1.54) is 0 Å². The van der Waals surface area contributed by atoms with Gasteiger partial charge in [-0.1, -0.05) is 12.1 Å². The molecule has 0 bridgehead atoms.